The Bertz CT molecular complexity index is 484. The fraction of sp³-hybridized carbons (Fsp3) is 0.684. The molecule has 1 aromatic carbocycles. The predicted molar refractivity (Wildman–Crippen MR) is 92.2 cm³/mol. The molecule has 0 aliphatic heterocycles. The molecule has 2 saturated carbocycles. The van der Waals surface area contributed by atoms with Crippen LogP contribution in [0.25, 0.3) is 0 Å². The molecule has 4 atom stereocenters. The molecule has 0 N–H and O–H groups in total. The molecule has 116 valence electrons. The third-order valence-corrected chi connectivity index (χ3v) is 7.01. The Balaban J connectivity index is 1.70. The number of hydrogen-bond acceptors (Lipinski definition) is 1. The number of rotatable bonds is 3. The molecule has 0 spiro atoms. The molecule has 2 heteroatoms. The second kappa shape index (κ2) is 6.73. The van der Waals surface area contributed by atoms with E-state index in [9.17, 15) is 0 Å². The van der Waals surface area contributed by atoms with Gasteiger partial charge in [-0.25, -0.2) is 0 Å². The average molecular weight is 351 g/mol. The van der Waals surface area contributed by atoms with Crippen molar-refractivity contribution in [2.75, 3.05) is 7.11 Å². The van der Waals surface area contributed by atoms with Crippen LogP contribution in [0.2, 0.25) is 0 Å². The number of hydrogen-bond donors (Lipinski definition) is 0. The second-order valence-corrected chi connectivity index (χ2v) is 8.00. The summed E-state index contributed by atoms with van der Waals surface area (Å²) in [5, 5.41) is 0. The van der Waals surface area contributed by atoms with E-state index < -0.39 is 0 Å². The van der Waals surface area contributed by atoms with Gasteiger partial charge in [-0.1, -0.05) is 53.7 Å². The zero-order valence-corrected chi connectivity index (χ0v) is 14.9. The van der Waals surface area contributed by atoms with Crippen molar-refractivity contribution in [3.63, 3.8) is 0 Å². The van der Waals surface area contributed by atoms with Gasteiger partial charge >= 0.3 is 0 Å². The molecule has 0 bridgehead atoms. The number of ether oxygens (including phenoxy) is 1. The lowest BCUT2D eigenvalue weighted by Crippen LogP contribution is -2.29. The van der Waals surface area contributed by atoms with Crippen LogP contribution in [-0.4, -0.2) is 7.11 Å². The predicted octanol–water partition coefficient (Wildman–Crippen LogP) is 6.05. The lowest BCUT2D eigenvalue weighted by atomic mass is 9.66. The van der Waals surface area contributed by atoms with Crippen LogP contribution < -0.4 is 4.74 Å². The van der Waals surface area contributed by atoms with Crippen molar-refractivity contribution < 1.29 is 4.74 Å². The Morgan fingerprint density at radius 2 is 1.86 bits per heavy atom. The van der Waals surface area contributed by atoms with E-state index in [0.717, 1.165) is 23.5 Å². The molecule has 2 aliphatic carbocycles. The molecular formula is C19H27BrO. The van der Waals surface area contributed by atoms with Crippen LogP contribution in [0, 0.1) is 24.7 Å². The molecule has 2 fully saturated rings. The minimum absolute atomic E-state index is 0.505. The van der Waals surface area contributed by atoms with Gasteiger partial charge in [0.05, 0.1) is 7.11 Å². The van der Waals surface area contributed by atoms with Gasteiger partial charge in [0.25, 0.3) is 0 Å². The maximum absolute atomic E-state index is 5.38. The molecule has 0 amide bonds. The molecule has 21 heavy (non-hydrogen) atoms. The minimum atomic E-state index is 0.505. The van der Waals surface area contributed by atoms with Gasteiger partial charge in [0.15, 0.2) is 0 Å². The minimum Gasteiger partial charge on any atom is -0.496 e. The summed E-state index contributed by atoms with van der Waals surface area (Å²) in [5.74, 6) is 3.83. The molecule has 2 aliphatic rings. The Labute approximate surface area is 137 Å². The third-order valence-electron chi connectivity index (χ3n) is 5.73. The molecule has 1 aromatic rings. The zero-order chi connectivity index (χ0) is 14.8. The van der Waals surface area contributed by atoms with Crippen molar-refractivity contribution >= 4 is 15.9 Å². The highest BCUT2D eigenvalue weighted by atomic mass is 79.9. The Kier molecular flexibility index (Phi) is 4.93. The van der Waals surface area contributed by atoms with E-state index in [-0.39, 0.29) is 0 Å². The highest BCUT2D eigenvalue weighted by molar-refractivity contribution is 9.09. The van der Waals surface area contributed by atoms with Crippen molar-refractivity contribution in [2.45, 2.75) is 56.7 Å². The fourth-order valence-corrected chi connectivity index (χ4v) is 5.29. The Morgan fingerprint density at radius 1 is 1.10 bits per heavy atom. The first kappa shape index (κ1) is 15.4. The van der Waals surface area contributed by atoms with Crippen LogP contribution >= 0.6 is 15.9 Å². The maximum atomic E-state index is 5.38. The number of fused-ring (bicyclic) bond motifs is 1. The van der Waals surface area contributed by atoms with Gasteiger partial charge in [-0.3, -0.25) is 0 Å². The van der Waals surface area contributed by atoms with Gasteiger partial charge in [-0.2, -0.15) is 0 Å². The quantitative estimate of drug-likeness (QED) is 0.603. The normalized spacial score (nSPS) is 30.5. The first-order chi connectivity index (χ1) is 10.2. The third kappa shape index (κ3) is 3.31. The van der Waals surface area contributed by atoms with Crippen LogP contribution in [0.3, 0.4) is 0 Å². The van der Waals surface area contributed by atoms with Crippen molar-refractivity contribution in [1.29, 1.82) is 0 Å². The summed E-state index contributed by atoms with van der Waals surface area (Å²) in [6.45, 7) is 2.14. The standard InChI is InChI=1S/C19H27BrO/c1-13-11-16(9-10-18(13)21-2)19(20)17-8-7-14-5-3-4-6-15(14)12-17/h9-11,14-15,17,19H,3-8,12H2,1-2H3. The molecule has 3 rings (SSSR count). The second-order valence-electron chi connectivity index (χ2n) is 7.01. The molecule has 4 unspecified atom stereocenters. The average Bonchev–Trinajstić information content (AvgIpc) is 2.53. The van der Waals surface area contributed by atoms with E-state index in [2.05, 4.69) is 41.1 Å². The molecule has 0 heterocycles. The number of alkyl halides is 1. The van der Waals surface area contributed by atoms with Crippen molar-refractivity contribution in [2.24, 2.45) is 17.8 Å². The van der Waals surface area contributed by atoms with Crippen LogP contribution in [0.4, 0.5) is 0 Å². The van der Waals surface area contributed by atoms with Crippen LogP contribution in [0.1, 0.15) is 60.9 Å². The molecule has 0 radical (unpaired) electrons. The summed E-state index contributed by atoms with van der Waals surface area (Å²) >= 11 is 4.00. The van der Waals surface area contributed by atoms with Crippen LogP contribution in [0.15, 0.2) is 18.2 Å². The van der Waals surface area contributed by atoms with Crippen molar-refractivity contribution in [3.05, 3.63) is 29.3 Å². The number of benzene rings is 1. The van der Waals surface area contributed by atoms with Gasteiger partial charge < -0.3 is 4.74 Å². The summed E-state index contributed by atoms with van der Waals surface area (Å²) in [5.41, 5.74) is 2.67. The maximum Gasteiger partial charge on any atom is 0.121 e. The Morgan fingerprint density at radius 3 is 2.57 bits per heavy atom. The Hall–Kier alpha value is -0.500. The van der Waals surface area contributed by atoms with E-state index in [1.807, 2.05) is 0 Å². The van der Waals surface area contributed by atoms with Crippen molar-refractivity contribution in [3.8, 4) is 5.75 Å². The number of halogens is 1. The smallest absolute Gasteiger partial charge is 0.121 e. The van der Waals surface area contributed by atoms with Gasteiger partial charge in [-0.05, 0) is 61.1 Å². The SMILES string of the molecule is COc1ccc(C(Br)C2CCC3CCCCC3C2)cc1C. The van der Waals surface area contributed by atoms with Gasteiger partial charge in [-0.15, -0.1) is 0 Å². The van der Waals surface area contributed by atoms with Gasteiger partial charge in [0, 0.05) is 4.83 Å². The topological polar surface area (TPSA) is 9.23 Å². The monoisotopic (exact) mass is 350 g/mol. The molecule has 1 nitrogen and oxygen atoms in total. The van der Waals surface area contributed by atoms with E-state index in [4.69, 9.17) is 4.74 Å². The zero-order valence-electron chi connectivity index (χ0n) is 13.3. The lowest BCUT2D eigenvalue weighted by molar-refractivity contribution is 0.129. The highest BCUT2D eigenvalue weighted by Gasteiger charge is 2.35. The van der Waals surface area contributed by atoms with Crippen molar-refractivity contribution in [1.82, 2.24) is 0 Å². The summed E-state index contributed by atoms with van der Waals surface area (Å²) in [7, 11) is 1.75. The van der Waals surface area contributed by atoms with E-state index in [1.165, 1.54) is 56.1 Å². The summed E-state index contributed by atoms with van der Waals surface area (Å²) < 4.78 is 5.38. The van der Waals surface area contributed by atoms with E-state index in [0.29, 0.717) is 4.83 Å². The molecular weight excluding hydrogens is 324 g/mol. The molecule has 0 saturated heterocycles. The lowest BCUT2D eigenvalue weighted by Gasteiger charge is -2.41. The summed E-state index contributed by atoms with van der Waals surface area (Å²) in [6.07, 6.45) is 10.2. The number of methoxy groups -OCH3 is 1. The first-order valence-electron chi connectivity index (χ1n) is 8.47. The van der Waals surface area contributed by atoms with Crippen LogP contribution in [-0.2, 0) is 0 Å². The summed E-state index contributed by atoms with van der Waals surface area (Å²) in [6, 6.07) is 6.65. The summed E-state index contributed by atoms with van der Waals surface area (Å²) in [4.78, 5) is 0.505. The van der Waals surface area contributed by atoms with Crippen LogP contribution in [0.5, 0.6) is 5.75 Å². The van der Waals surface area contributed by atoms with E-state index >= 15 is 0 Å². The first-order valence-corrected chi connectivity index (χ1v) is 9.39. The fourth-order valence-electron chi connectivity index (χ4n) is 4.52. The van der Waals surface area contributed by atoms with Gasteiger partial charge in [0.2, 0.25) is 0 Å². The molecule has 0 aromatic heterocycles. The van der Waals surface area contributed by atoms with E-state index in [1.54, 1.807) is 7.11 Å². The highest BCUT2D eigenvalue weighted by Crippen LogP contribution is 2.48. The largest absolute Gasteiger partial charge is 0.496 e. The van der Waals surface area contributed by atoms with Gasteiger partial charge in [0.1, 0.15) is 5.75 Å². The number of aryl methyl sites for hydroxylation is 1.